The zero-order valence-corrected chi connectivity index (χ0v) is 30.5. The van der Waals surface area contributed by atoms with Crippen molar-refractivity contribution in [3.8, 4) is 17.1 Å². The van der Waals surface area contributed by atoms with E-state index in [4.69, 9.17) is 14.4 Å². The Morgan fingerprint density at radius 1 is 0.491 bits per heavy atom. The molecule has 0 N–H and O–H groups in total. The highest BCUT2D eigenvalue weighted by molar-refractivity contribution is 7.25. The van der Waals surface area contributed by atoms with Crippen molar-refractivity contribution in [2.24, 2.45) is 0 Å². The second-order valence-corrected chi connectivity index (χ2v) is 15.5. The van der Waals surface area contributed by atoms with Crippen molar-refractivity contribution in [2.75, 3.05) is 0 Å². The Morgan fingerprint density at radius 2 is 1.18 bits per heavy atom. The Balaban J connectivity index is 1.11. The molecule has 0 bridgehead atoms. The number of benzene rings is 7. The van der Waals surface area contributed by atoms with Gasteiger partial charge in [0, 0.05) is 41.7 Å². The summed E-state index contributed by atoms with van der Waals surface area (Å²) in [6.45, 7) is 0. The van der Waals surface area contributed by atoms with Crippen molar-refractivity contribution in [2.45, 2.75) is 12.8 Å². The van der Waals surface area contributed by atoms with Gasteiger partial charge in [-0.15, -0.1) is 11.3 Å². The summed E-state index contributed by atoms with van der Waals surface area (Å²) in [4.78, 5) is 10.7. The molecule has 55 heavy (non-hydrogen) atoms. The summed E-state index contributed by atoms with van der Waals surface area (Å²) in [6, 6.07) is 54.2. The summed E-state index contributed by atoms with van der Waals surface area (Å²) in [5.74, 6) is 0.654. The molecule has 1 aliphatic rings. The van der Waals surface area contributed by atoms with Gasteiger partial charge in [-0.2, -0.15) is 0 Å². The molecule has 0 aliphatic heterocycles. The van der Waals surface area contributed by atoms with Crippen LogP contribution in [-0.4, -0.2) is 14.5 Å². The Kier molecular flexibility index (Phi) is 6.59. The average molecular weight is 722 g/mol. The van der Waals surface area contributed by atoms with Crippen molar-refractivity contribution < 1.29 is 4.42 Å². The summed E-state index contributed by atoms with van der Waals surface area (Å²) < 4.78 is 11.6. The molecule has 258 valence electrons. The van der Waals surface area contributed by atoms with Crippen LogP contribution in [0.4, 0.5) is 0 Å². The van der Waals surface area contributed by atoms with Crippen molar-refractivity contribution >= 4 is 97.3 Å². The van der Waals surface area contributed by atoms with Crippen LogP contribution in [0.25, 0.3) is 103 Å². The predicted octanol–water partition coefficient (Wildman–Crippen LogP) is 13.9. The number of aromatic nitrogens is 3. The lowest BCUT2D eigenvalue weighted by atomic mass is 9.91. The first-order valence-corrected chi connectivity index (χ1v) is 19.6. The van der Waals surface area contributed by atoms with E-state index >= 15 is 0 Å². The highest BCUT2D eigenvalue weighted by Crippen LogP contribution is 2.43. The maximum absolute atomic E-state index is 6.73. The molecule has 11 aromatic rings. The summed E-state index contributed by atoms with van der Waals surface area (Å²) in [5.41, 5.74) is 11.9. The molecule has 4 heterocycles. The first-order valence-electron chi connectivity index (χ1n) is 18.8. The molecule has 0 radical (unpaired) electrons. The molecule has 4 nitrogen and oxygen atoms in total. The van der Waals surface area contributed by atoms with Gasteiger partial charge in [0.1, 0.15) is 11.2 Å². The molecular weight excluding hydrogens is 691 g/mol. The molecule has 5 heteroatoms. The molecule has 0 saturated heterocycles. The minimum Gasteiger partial charge on any atom is -0.455 e. The van der Waals surface area contributed by atoms with Gasteiger partial charge in [0.2, 0.25) is 5.95 Å². The zero-order chi connectivity index (χ0) is 36.0. The zero-order valence-electron chi connectivity index (χ0n) is 29.7. The molecule has 0 atom stereocenters. The molecule has 0 saturated carbocycles. The van der Waals surface area contributed by atoms with Crippen molar-refractivity contribution in [3.05, 3.63) is 175 Å². The van der Waals surface area contributed by atoms with E-state index in [2.05, 4.69) is 162 Å². The monoisotopic (exact) mass is 721 g/mol. The third-order valence-corrected chi connectivity index (χ3v) is 12.5. The third kappa shape index (κ3) is 4.70. The minimum absolute atomic E-state index is 0.654. The van der Waals surface area contributed by atoms with Gasteiger partial charge < -0.3 is 4.42 Å². The number of furan rings is 1. The van der Waals surface area contributed by atoms with Crippen LogP contribution in [0.3, 0.4) is 0 Å². The number of nitrogens with zero attached hydrogens (tertiary/aromatic N) is 3. The lowest BCUT2D eigenvalue weighted by molar-refractivity contribution is 0.673. The van der Waals surface area contributed by atoms with E-state index in [0.717, 1.165) is 78.7 Å². The first-order chi connectivity index (χ1) is 27.2. The molecule has 7 aromatic carbocycles. The van der Waals surface area contributed by atoms with E-state index in [1.165, 1.54) is 42.4 Å². The van der Waals surface area contributed by atoms with Crippen molar-refractivity contribution in [1.29, 1.82) is 0 Å². The predicted molar refractivity (Wildman–Crippen MR) is 231 cm³/mol. The van der Waals surface area contributed by atoms with E-state index in [1.807, 2.05) is 17.4 Å². The number of hydrogen-bond acceptors (Lipinski definition) is 4. The molecule has 1 aliphatic carbocycles. The van der Waals surface area contributed by atoms with Crippen LogP contribution in [-0.2, 0) is 0 Å². The van der Waals surface area contributed by atoms with Gasteiger partial charge in [0.05, 0.1) is 27.6 Å². The molecule has 0 unspecified atom stereocenters. The van der Waals surface area contributed by atoms with Crippen LogP contribution in [0.5, 0.6) is 0 Å². The standard InChI is InChI=1S/C50H31N3OS/c1-2-10-30(11-3-1)31-18-20-32(21-19-31)48-38-14-4-7-15-41(38)51-50(52-48)53-42-25-22-33(34-23-27-46-39(28-34)36-13-6-9-17-45(36)55-46)29-40(42)47-43(53)26-24-37-35-12-5-8-16-44(35)54-49(37)47/h1-18,20,22-29H,19,21H2. The van der Waals surface area contributed by atoms with Gasteiger partial charge in [-0.3, -0.25) is 4.57 Å². The van der Waals surface area contributed by atoms with Gasteiger partial charge in [-0.05, 0) is 95.3 Å². The van der Waals surface area contributed by atoms with Gasteiger partial charge in [0.15, 0.2) is 0 Å². The third-order valence-electron chi connectivity index (χ3n) is 11.4. The van der Waals surface area contributed by atoms with Crippen LogP contribution in [0, 0.1) is 0 Å². The maximum atomic E-state index is 6.73. The van der Waals surface area contributed by atoms with Crippen LogP contribution in [0.2, 0.25) is 0 Å². The van der Waals surface area contributed by atoms with Crippen LogP contribution in [0.1, 0.15) is 24.1 Å². The van der Waals surface area contributed by atoms with Crippen molar-refractivity contribution in [1.82, 2.24) is 14.5 Å². The summed E-state index contributed by atoms with van der Waals surface area (Å²) in [5, 5.41) is 8.05. The maximum Gasteiger partial charge on any atom is 0.235 e. The average Bonchev–Trinajstić information content (AvgIpc) is 3.92. The lowest BCUT2D eigenvalue weighted by Gasteiger charge is -2.17. The fourth-order valence-corrected chi connectivity index (χ4v) is 9.81. The smallest absolute Gasteiger partial charge is 0.235 e. The van der Waals surface area contributed by atoms with Crippen molar-refractivity contribution in [3.63, 3.8) is 0 Å². The van der Waals surface area contributed by atoms with Gasteiger partial charge in [-0.1, -0.05) is 109 Å². The fourth-order valence-electron chi connectivity index (χ4n) is 8.72. The normalized spacial score (nSPS) is 13.5. The summed E-state index contributed by atoms with van der Waals surface area (Å²) in [7, 11) is 0. The summed E-state index contributed by atoms with van der Waals surface area (Å²) >= 11 is 1.85. The lowest BCUT2D eigenvalue weighted by Crippen LogP contribution is -2.06. The molecule has 0 fully saturated rings. The van der Waals surface area contributed by atoms with Gasteiger partial charge >= 0.3 is 0 Å². The summed E-state index contributed by atoms with van der Waals surface area (Å²) in [6.07, 6.45) is 6.38. The number of allylic oxidation sites excluding steroid dienone is 4. The van der Waals surface area contributed by atoms with E-state index < -0.39 is 0 Å². The minimum atomic E-state index is 0.654. The molecule has 4 aromatic heterocycles. The number of thiophene rings is 1. The molecule has 0 spiro atoms. The fraction of sp³-hybridized carbons (Fsp3) is 0.0400. The molecular formula is C50H31N3OS. The second kappa shape index (κ2) is 11.8. The van der Waals surface area contributed by atoms with Crippen LogP contribution < -0.4 is 0 Å². The number of fused-ring (bicyclic) bond motifs is 11. The Morgan fingerprint density at radius 3 is 2.05 bits per heavy atom. The van der Waals surface area contributed by atoms with E-state index in [0.29, 0.717) is 5.95 Å². The molecule has 0 amide bonds. The molecule has 12 rings (SSSR count). The van der Waals surface area contributed by atoms with Gasteiger partial charge in [0.25, 0.3) is 0 Å². The SMILES string of the molecule is C1=C(c2ccccc2)CCC(c2nc(-n3c4ccc(-c5ccc6sc7ccccc7c6c5)cc4c4c5oc6ccccc6c5ccc43)nc3ccccc23)=C1. The van der Waals surface area contributed by atoms with E-state index in [9.17, 15) is 0 Å². The quantitative estimate of drug-likeness (QED) is 0.182. The highest BCUT2D eigenvalue weighted by atomic mass is 32.1. The second-order valence-electron chi connectivity index (χ2n) is 14.5. The Bertz CT molecular complexity index is 3430. The van der Waals surface area contributed by atoms with Gasteiger partial charge in [-0.25, -0.2) is 9.97 Å². The largest absolute Gasteiger partial charge is 0.455 e. The van der Waals surface area contributed by atoms with Crippen LogP contribution >= 0.6 is 11.3 Å². The highest BCUT2D eigenvalue weighted by Gasteiger charge is 2.23. The number of para-hydroxylation sites is 2. The first kappa shape index (κ1) is 30.6. The number of hydrogen-bond donors (Lipinski definition) is 0. The topological polar surface area (TPSA) is 43.9 Å². The van der Waals surface area contributed by atoms with E-state index in [1.54, 1.807) is 0 Å². The Labute approximate surface area is 319 Å². The van der Waals surface area contributed by atoms with Crippen LogP contribution in [0.15, 0.2) is 168 Å². The number of rotatable bonds is 4. The van der Waals surface area contributed by atoms with E-state index in [-0.39, 0.29) is 0 Å². The Hall–Kier alpha value is -6.82.